The molecule has 2 aromatic heterocycles. The minimum Gasteiger partial charge on any atom is -0.444 e. The Morgan fingerprint density at radius 2 is 1.83 bits per heavy atom. The molecule has 0 saturated carbocycles. The summed E-state index contributed by atoms with van der Waals surface area (Å²) in [6.45, 7) is 11.3. The third-order valence-corrected chi connectivity index (χ3v) is 8.97. The molecule has 0 aliphatic carbocycles. The zero-order valence-electron chi connectivity index (χ0n) is 27.3. The topological polar surface area (TPSA) is 129 Å². The fourth-order valence-electron chi connectivity index (χ4n) is 6.36. The average Bonchev–Trinajstić information content (AvgIpc) is 3.77. The first-order valence-electron chi connectivity index (χ1n) is 16.5. The molecule has 2 aliphatic rings. The largest absolute Gasteiger partial charge is 0.444 e. The SMILES string of the molecule is C[C@H]1CCCN1Cc1nc2ccc(NC(=O)c3ccc(-c4noc(CCCC5CCN(C(=O)OC(C)(C)C)CC5)n4)cc3)cc2[nH]1. The van der Waals surface area contributed by atoms with Gasteiger partial charge in [0.05, 0.1) is 17.6 Å². The predicted molar refractivity (Wildman–Crippen MR) is 176 cm³/mol. The van der Waals surface area contributed by atoms with E-state index in [0.29, 0.717) is 41.3 Å². The first kappa shape index (κ1) is 31.7. The van der Waals surface area contributed by atoms with Gasteiger partial charge in [-0.15, -0.1) is 0 Å². The van der Waals surface area contributed by atoms with E-state index in [1.165, 1.54) is 12.8 Å². The molecule has 0 unspecified atom stereocenters. The Morgan fingerprint density at radius 1 is 1.04 bits per heavy atom. The Balaban J connectivity index is 0.964. The highest BCUT2D eigenvalue weighted by Gasteiger charge is 2.27. The van der Waals surface area contributed by atoms with Gasteiger partial charge in [0.15, 0.2) is 0 Å². The maximum Gasteiger partial charge on any atom is 0.410 e. The highest BCUT2D eigenvalue weighted by molar-refractivity contribution is 6.05. The van der Waals surface area contributed by atoms with Gasteiger partial charge < -0.3 is 24.5 Å². The molecular formula is C35H45N7O4. The third kappa shape index (κ3) is 7.93. The number of aromatic amines is 1. The Labute approximate surface area is 270 Å². The number of nitrogens with one attached hydrogen (secondary N) is 2. The number of imidazole rings is 1. The molecule has 1 atom stereocenters. The number of rotatable bonds is 9. The van der Waals surface area contributed by atoms with Gasteiger partial charge in [-0.3, -0.25) is 9.69 Å². The molecular weight excluding hydrogens is 582 g/mol. The van der Waals surface area contributed by atoms with Crippen LogP contribution in [0, 0.1) is 5.92 Å². The van der Waals surface area contributed by atoms with E-state index in [0.717, 1.165) is 74.3 Å². The fraction of sp³-hybridized carbons (Fsp3) is 0.514. The molecule has 2 amide bonds. The summed E-state index contributed by atoms with van der Waals surface area (Å²) in [5, 5.41) is 7.16. The standard InChI is InChI=1S/C35H45N7O4/c1-23-7-6-18-42(23)22-30-37-28-15-14-27(21-29(28)38-30)36-33(43)26-12-10-25(11-13-26)32-39-31(46-40-32)9-5-8-24-16-19-41(20-17-24)34(44)45-35(2,3)4/h10-15,21,23-24H,5-9,16-20,22H2,1-4H3,(H,36,43)(H,37,38)/t23-/m0/s1. The van der Waals surface area contributed by atoms with Crippen molar-refractivity contribution in [3.8, 4) is 11.4 Å². The van der Waals surface area contributed by atoms with Gasteiger partial charge in [-0.25, -0.2) is 9.78 Å². The number of hydrogen-bond acceptors (Lipinski definition) is 8. The zero-order chi connectivity index (χ0) is 32.3. The van der Waals surface area contributed by atoms with Gasteiger partial charge in [-0.1, -0.05) is 17.3 Å². The lowest BCUT2D eigenvalue weighted by Gasteiger charge is -2.33. The van der Waals surface area contributed by atoms with Crippen LogP contribution in [0.5, 0.6) is 0 Å². The second-order valence-electron chi connectivity index (χ2n) is 13.7. The van der Waals surface area contributed by atoms with Crippen molar-refractivity contribution in [1.29, 1.82) is 0 Å². The number of H-pyrrole nitrogens is 1. The molecule has 11 nitrogen and oxygen atoms in total. The van der Waals surface area contributed by atoms with E-state index in [4.69, 9.17) is 14.2 Å². The minimum absolute atomic E-state index is 0.192. The van der Waals surface area contributed by atoms with Crippen LogP contribution in [0.3, 0.4) is 0 Å². The smallest absolute Gasteiger partial charge is 0.410 e. The first-order valence-corrected chi connectivity index (χ1v) is 16.5. The summed E-state index contributed by atoms with van der Waals surface area (Å²) in [4.78, 5) is 42.3. The second-order valence-corrected chi connectivity index (χ2v) is 13.7. The number of nitrogens with zero attached hydrogens (tertiary/aromatic N) is 5. The Bertz CT molecular complexity index is 1650. The lowest BCUT2D eigenvalue weighted by Crippen LogP contribution is -2.41. The molecule has 4 aromatic rings. The number of fused-ring (bicyclic) bond motifs is 1. The average molecular weight is 628 g/mol. The van der Waals surface area contributed by atoms with Crippen molar-refractivity contribution < 1.29 is 18.8 Å². The number of carbonyl (C=O) groups excluding carboxylic acids is 2. The van der Waals surface area contributed by atoms with Gasteiger partial charge in [0.25, 0.3) is 5.91 Å². The van der Waals surface area contributed by atoms with Crippen molar-refractivity contribution in [1.82, 2.24) is 29.9 Å². The summed E-state index contributed by atoms with van der Waals surface area (Å²) in [6.07, 6.45) is 6.90. The van der Waals surface area contributed by atoms with Gasteiger partial charge in [-0.05, 0) is 109 Å². The maximum atomic E-state index is 13.0. The molecule has 2 fully saturated rings. The Morgan fingerprint density at radius 3 is 2.54 bits per heavy atom. The van der Waals surface area contributed by atoms with E-state index in [1.807, 2.05) is 56.0 Å². The van der Waals surface area contributed by atoms with Crippen LogP contribution in [0.25, 0.3) is 22.4 Å². The van der Waals surface area contributed by atoms with Crippen molar-refractivity contribution in [2.45, 2.75) is 90.8 Å². The van der Waals surface area contributed by atoms with Crippen LogP contribution in [-0.2, 0) is 17.7 Å². The van der Waals surface area contributed by atoms with Crippen LogP contribution >= 0.6 is 0 Å². The number of aryl methyl sites for hydroxylation is 1. The number of aromatic nitrogens is 4. The Hall–Kier alpha value is -4.25. The van der Waals surface area contributed by atoms with Crippen molar-refractivity contribution in [3.63, 3.8) is 0 Å². The van der Waals surface area contributed by atoms with E-state index >= 15 is 0 Å². The molecule has 2 saturated heterocycles. The third-order valence-electron chi connectivity index (χ3n) is 8.97. The van der Waals surface area contributed by atoms with E-state index < -0.39 is 5.60 Å². The van der Waals surface area contributed by atoms with Crippen LogP contribution in [0.15, 0.2) is 47.0 Å². The number of hydrogen-bond donors (Lipinski definition) is 2. The highest BCUT2D eigenvalue weighted by Crippen LogP contribution is 2.26. The second kappa shape index (κ2) is 13.6. The summed E-state index contributed by atoms with van der Waals surface area (Å²) in [5.41, 5.74) is 3.37. The van der Waals surface area contributed by atoms with E-state index in [2.05, 4.69) is 32.3 Å². The molecule has 0 spiro atoms. The van der Waals surface area contributed by atoms with Crippen LogP contribution < -0.4 is 5.32 Å². The molecule has 4 heterocycles. The Kier molecular flexibility index (Phi) is 9.39. The number of amides is 2. The summed E-state index contributed by atoms with van der Waals surface area (Å²) < 4.78 is 11.0. The predicted octanol–water partition coefficient (Wildman–Crippen LogP) is 6.82. The van der Waals surface area contributed by atoms with E-state index in [9.17, 15) is 9.59 Å². The molecule has 6 rings (SSSR count). The molecule has 11 heteroatoms. The number of likely N-dealkylation sites (tertiary alicyclic amines) is 2. The summed E-state index contributed by atoms with van der Waals surface area (Å²) in [6, 6.07) is 13.5. The number of ether oxygens (including phenoxy) is 1. The zero-order valence-corrected chi connectivity index (χ0v) is 27.3. The first-order chi connectivity index (χ1) is 22.1. The molecule has 2 aromatic carbocycles. The maximum absolute atomic E-state index is 13.0. The molecule has 46 heavy (non-hydrogen) atoms. The van der Waals surface area contributed by atoms with Crippen LogP contribution in [0.1, 0.15) is 88.3 Å². The van der Waals surface area contributed by atoms with E-state index in [-0.39, 0.29) is 12.0 Å². The fourth-order valence-corrected chi connectivity index (χ4v) is 6.36. The van der Waals surface area contributed by atoms with Gasteiger partial charge in [-0.2, -0.15) is 4.98 Å². The monoisotopic (exact) mass is 627 g/mol. The molecule has 2 N–H and O–H groups in total. The lowest BCUT2D eigenvalue weighted by atomic mass is 9.92. The summed E-state index contributed by atoms with van der Waals surface area (Å²) in [5.74, 6) is 2.45. The number of piperidine rings is 1. The molecule has 0 bridgehead atoms. The molecule has 244 valence electrons. The van der Waals surface area contributed by atoms with Crippen LogP contribution in [0.2, 0.25) is 0 Å². The van der Waals surface area contributed by atoms with Crippen molar-refractivity contribution in [2.75, 3.05) is 25.0 Å². The quantitative estimate of drug-likeness (QED) is 0.207. The number of anilines is 1. The number of benzene rings is 2. The molecule has 0 radical (unpaired) electrons. The highest BCUT2D eigenvalue weighted by atomic mass is 16.6. The summed E-state index contributed by atoms with van der Waals surface area (Å²) >= 11 is 0. The van der Waals surface area contributed by atoms with Crippen LogP contribution in [0.4, 0.5) is 10.5 Å². The minimum atomic E-state index is -0.471. The molecule has 2 aliphatic heterocycles. The summed E-state index contributed by atoms with van der Waals surface area (Å²) in [7, 11) is 0. The van der Waals surface area contributed by atoms with Gasteiger partial charge in [0, 0.05) is 42.4 Å². The van der Waals surface area contributed by atoms with Crippen molar-refractivity contribution >= 4 is 28.7 Å². The van der Waals surface area contributed by atoms with Gasteiger partial charge in [0.2, 0.25) is 11.7 Å². The number of carbonyl (C=O) groups is 2. The van der Waals surface area contributed by atoms with E-state index in [1.54, 1.807) is 12.1 Å². The van der Waals surface area contributed by atoms with Crippen LogP contribution in [-0.4, -0.2) is 73.2 Å². The van der Waals surface area contributed by atoms with Crippen molar-refractivity contribution in [3.05, 3.63) is 59.7 Å². The van der Waals surface area contributed by atoms with Gasteiger partial charge >= 0.3 is 6.09 Å². The lowest BCUT2D eigenvalue weighted by molar-refractivity contribution is 0.0180. The normalized spacial score (nSPS) is 17.9. The van der Waals surface area contributed by atoms with Crippen molar-refractivity contribution in [2.24, 2.45) is 5.92 Å². The van der Waals surface area contributed by atoms with Gasteiger partial charge in [0.1, 0.15) is 11.4 Å².